The average Bonchev–Trinajstić information content (AvgIpc) is 3.10. The van der Waals surface area contributed by atoms with Crippen LogP contribution in [0.15, 0.2) is 59.5 Å². The van der Waals surface area contributed by atoms with E-state index in [-0.39, 0.29) is 5.91 Å². The maximum atomic E-state index is 12.7. The summed E-state index contributed by atoms with van der Waals surface area (Å²) in [6.45, 7) is 2.62. The fourth-order valence-corrected chi connectivity index (χ4v) is 2.46. The summed E-state index contributed by atoms with van der Waals surface area (Å²) in [5.41, 5.74) is 3.58. The fourth-order valence-electron chi connectivity index (χ4n) is 2.46. The monoisotopic (exact) mass is 321 g/mol. The van der Waals surface area contributed by atoms with Crippen molar-refractivity contribution < 1.29 is 9.32 Å². The highest BCUT2D eigenvalue weighted by molar-refractivity contribution is 5.99. The van der Waals surface area contributed by atoms with Gasteiger partial charge in [-0.3, -0.25) is 9.78 Å². The zero-order valence-electron chi connectivity index (χ0n) is 13.8. The van der Waals surface area contributed by atoms with E-state index in [1.807, 2.05) is 49.5 Å². The number of rotatable bonds is 5. The lowest BCUT2D eigenvalue weighted by Gasteiger charge is -2.16. The van der Waals surface area contributed by atoms with Gasteiger partial charge in [0.15, 0.2) is 5.76 Å². The molecule has 0 unspecified atom stereocenters. The first-order valence-corrected chi connectivity index (χ1v) is 7.81. The number of benzene rings is 1. The quantitative estimate of drug-likeness (QED) is 0.723. The number of amides is 1. The maximum Gasteiger partial charge on any atom is 0.259 e. The molecule has 24 heavy (non-hydrogen) atoms. The van der Waals surface area contributed by atoms with Crippen LogP contribution >= 0.6 is 0 Å². The Morgan fingerprint density at radius 3 is 2.67 bits per heavy atom. The first-order valence-electron chi connectivity index (χ1n) is 7.81. The van der Waals surface area contributed by atoms with Crippen LogP contribution in [0.5, 0.6) is 0 Å². The number of carbonyl (C=O) groups is 1. The molecule has 5 heteroatoms. The van der Waals surface area contributed by atoms with Crippen molar-refractivity contribution in [3.63, 3.8) is 0 Å². The first kappa shape index (κ1) is 15.9. The molecule has 0 aliphatic heterocycles. The summed E-state index contributed by atoms with van der Waals surface area (Å²) < 4.78 is 5.32. The molecule has 0 aliphatic rings. The number of aromatic nitrogens is 2. The lowest BCUT2D eigenvalue weighted by molar-refractivity contribution is 0.0797. The van der Waals surface area contributed by atoms with Gasteiger partial charge in [0.1, 0.15) is 5.56 Å². The van der Waals surface area contributed by atoms with Gasteiger partial charge in [0, 0.05) is 31.5 Å². The summed E-state index contributed by atoms with van der Waals surface area (Å²) in [5.74, 6) is 0.406. The molecule has 0 saturated carbocycles. The van der Waals surface area contributed by atoms with E-state index in [1.165, 1.54) is 6.20 Å². The predicted molar refractivity (Wildman–Crippen MR) is 91.6 cm³/mol. The molecule has 2 heterocycles. The van der Waals surface area contributed by atoms with Crippen molar-refractivity contribution in [1.82, 2.24) is 15.0 Å². The maximum absolute atomic E-state index is 12.7. The van der Waals surface area contributed by atoms with Crippen LogP contribution < -0.4 is 0 Å². The van der Waals surface area contributed by atoms with Crippen LogP contribution in [0, 0.1) is 6.92 Å². The van der Waals surface area contributed by atoms with E-state index in [4.69, 9.17) is 4.52 Å². The molecule has 1 aromatic carbocycles. The minimum Gasteiger partial charge on any atom is -0.355 e. The van der Waals surface area contributed by atoms with Crippen LogP contribution in [-0.2, 0) is 6.42 Å². The Bertz CT molecular complexity index is 810. The highest BCUT2D eigenvalue weighted by atomic mass is 16.5. The lowest BCUT2D eigenvalue weighted by atomic mass is 10.1. The summed E-state index contributed by atoms with van der Waals surface area (Å²) in [6, 6.07) is 11.7. The third-order valence-electron chi connectivity index (χ3n) is 3.92. The van der Waals surface area contributed by atoms with E-state index in [9.17, 15) is 4.79 Å². The number of hydrogen-bond acceptors (Lipinski definition) is 4. The highest BCUT2D eigenvalue weighted by Crippen LogP contribution is 2.24. The van der Waals surface area contributed by atoms with E-state index in [0.29, 0.717) is 17.9 Å². The van der Waals surface area contributed by atoms with Crippen molar-refractivity contribution in [1.29, 1.82) is 0 Å². The highest BCUT2D eigenvalue weighted by Gasteiger charge is 2.20. The van der Waals surface area contributed by atoms with Gasteiger partial charge in [0.05, 0.1) is 6.20 Å². The Morgan fingerprint density at radius 2 is 1.96 bits per heavy atom. The second kappa shape index (κ2) is 7.08. The summed E-state index contributed by atoms with van der Waals surface area (Å²) >= 11 is 0. The molecule has 0 saturated heterocycles. The molecule has 3 rings (SSSR count). The normalized spacial score (nSPS) is 10.6. The van der Waals surface area contributed by atoms with E-state index < -0.39 is 0 Å². The molecule has 2 aromatic heterocycles. The van der Waals surface area contributed by atoms with Crippen LogP contribution in [0.25, 0.3) is 11.3 Å². The van der Waals surface area contributed by atoms with Gasteiger partial charge in [-0.1, -0.05) is 41.1 Å². The zero-order chi connectivity index (χ0) is 16.9. The minimum atomic E-state index is -0.101. The molecule has 0 atom stereocenters. The van der Waals surface area contributed by atoms with Gasteiger partial charge in [-0.05, 0) is 25.0 Å². The Balaban J connectivity index is 1.73. The summed E-state index contributed by atoms with van der Waals surface area (Å²) in [4.78, 5) is 18.5. The third-order valence-corrected chi connectivity index (χ3v) is 3.92. The predicted octanol–water partition coefficient (Wildman–Crippen LogP) is 3.36. The second-order valence-electron chi connectivity index (χ2n) is 5.77. The smallest absolute Gasteiger partial charge is 0.259 e. The van der Waals surface area contributed by atoms with Gasteiger partial charge >= 0.3 is 0 Å². The Labute approximate surface area is 140 Å². The van der Waals surface area contributed by atoms with Gasteiger partial charge in [-0.15, -0.1) is 0 Å². The van der Waals surface area contributed by atoms with Crippen molar-refractivity contribution in [2.75, 3.05) is 13.6 Å². The van der Waals surface area contributed by atoms with Crippen LogP contribution in [0.2, 0.25) is 0 Å². The molecule has 0 fully saturated rings. The van der Waals surface area contributed by atoms with Crippen molar-refractivity contribution in [2.24, 2.45) is 0 Å². The molecule has 0 spiro atoms. The fraction of sp³-hybridized carbons (Fsp3) is 0.211. The second-order valence-corrected chi connectivity index (χ2v) is 5.77. The van der Waals surface area contributed by atoms with Crippen molar-refractivity contribution in [2.45, 2.75) is 13.3 Å². The van der Waals surface area contributed by atoms with Crippen LogP contribution in [0.3, 0.4) is 0 Å². The molecular weight excluding hydrogens is 302 g/mol. The molecule has 3 aromatic rings. The molecule has 5 nitrogen and oxygen atoms in total. The van der Waals surface area contributed by atoms with E-state index in [0.717, 1.165) is 23.1 Å². The minimum absolute atomic E-state index is 0.101. The van der Waals surface area contributed by atoms with Gasteiger partial charge in [-0.25, -0.2) is 0 Å². The van der Waals surface area contributed by atoms with Gasteiger partial charge in [0.25, 0.3) is 5.91 Å². The number of nitrogens with zero attached hydrogens (tertiary/aromatic N) is 3. The van der Waals surface area contributed by atoms with Crippen LogP contribution in [0.1, 0.15) is 21.5 Å². The molecule has 0 radical (unpaired) electrons. The molecule has 0 aliphatic carbocycles. The van der Waals surface area contributed by atoms with Crippen LogP contribution in [0.4, 0.5) is 0 Å². The molecular formula is C19H19N3O2. The van der Waals surface area contributed by atoms with Crippen molar-refractivity contribution in [3.05, 3.63) is 71.7 Å². The molecule has 0 bridgehead atoms. The first-order chi connectivity index (χ1) is 11.6. The zero-order valence-corrected chi connectivity index (χ0v) is 13.8. The number of aryl methyl sites for hydroxylation is 1. The average molecular weight is 321 g/mol. The summed E-state index contributed by atoms with van der Waals surface area (Å²) in [5, 5.41) is 3.81. The third kappa shape index (κ3) is 3.51. The summed E-state index contributed by atoms with van der Waals surface area (Å²) in [7, 11) is 1.78. The standard InChI is InChI=1S/C19H19N3O2/c1-14-5-7-16(8-6-14)18-17(13-21-24-18)19(23)22(2)11-9-15-4-3-10-20-12-15/h3-8,10,12-13H,9,11H2,1-2H3. The Morgan fingerprint density at radius 1 is 1.17 bits per heavy atom. The van der Waals surface area contributed by atoms with E-state index in [2.05, 4.69) is 10.1 Å². The number of carbonyl (C=O) groups excluding carboxylic acids is 1. The van der Waals surface area contributed by atoms with Gasteiger partial charge in [-0.2, -0.15) is 0 Å². The molecule has 1 amide bonds. The van der Waals surface area contributed by atoms with Gasteiger partial charge < -0.3 is 9.42 Å². The number of likely N-dealkylation sites (N-methyl/N-ethyl adjacent to an activating group) is 1. The lowest BCUT2D eigenvalue weighted by Crippen LogP contribution is -2.28. The molecule has 122 valence electrons. The number of hydrogen-bond donors (Lipinski definition) is 0. The Hall–Kier alpha value is -2.95. The topological polar surface area (TPSA) is 59.2 Å². The SMILES string of the molecule is Cc1ccc(-c2oncc2C(=O)N(C)CCc2cccnc2)cc1. The Kier molecular flexibility index (Phi) is 4.70. The molecule has 0 N–H and O–H groups in total. The van der Waals surface area contributed by atoms with Crippen LogP contribution in [-0.4, -0.2) is 34.5 Å². The van der Waals surface area contributed by atoms with Gasteiger partial charge in [0.2, 0.25) is 0 Å². The van der Waals surface area contributed by atoms with Crippen molar-refractivity contribution in [3.8, 4) is 11.3 Å². The van der Waals surface area contributed by atoms with E-state index >= 15 is 0 Å². The summed E-state index contributed by atoms with van der Waals surface area (Å²) in [6.07, 6.45) is 5.79. The largest absolute Gasteiger partial charge is 0.355 e. The van der Waals surface area contributed by atoms with E-state index in [1.54, 1.807) is 18.1 Å². The number of pyridine rings is 1. The van der Waals surface area contributed by atoms with Crippen molar-refractivity contribution >= 4 is 5.91 Å².